The Bertz CT molecular complexity index is 1400. The lowest BCUT2D eigenvalue weighted by Crippen LogP contribution is -2.38. The molecule has 3 aromatic carbocycles. The van der Waals surface area contributed by atoms with Crippen LogP contribution in [0.3, 0.4) is 0 Å². The molecule has 3 N–H and O–H groups in total. The van der Waals surface area contributed by atoms with E-state index in [1.165, 1.54) is 24.3 Å². The molecule has 6 nitrogen and oxygen atoms in total. The summed E-state index contributed by atoms with van der Waals surface area (Å²) < 4.78 is 28.4. The maximum absolute atomic E-state index is 14.0. The van der Waals surface area contributed by atoms with E-state index >= 15 is 0 Å². The number of nitrogens with zero attached hydrogens (tertiary/aromatic N) is 1. The summed E-state index contributed by atoms with van der Waals surface area (Å²) in [6.07, 6.45) is 0. The lowest BCUT2D eigenvalue weighted by atomic mass is 9.88. The summed E-state index contributed by atoms with van der Waals surface area (Å²) in [6.45, 7) is 0. The van der Waals surface area contributed by atoms with Crippen molar-refractivity contribution in [3.63, 3.8) is 0 Å². The second-order valence-corrected chi connectivity index (χ2v) is 8.99. The molecule has 166 valence electrons. The number of carbonyl (C=O) groups excluding carboxylic acids is 3. The first-order chi connectivity index (χ1) is 15.7. The molecule has 0 fully saturated rings. The van der Waals surface area contributed by atoms with Crippen LogP contribution in [-0.4, -0.2) is 17.7 Å². The Morgan fingerprint density at radius 2 is 1.70 bits per heavy atom. The van der Waals surface area contributed by atoms with Crippen molar-refractivity contribution in [3.05, 3.63) is 97.5 Å². The van der Waals surface area contributed by atoms with Crippen molar-refractivity contribution in [2.24, 2.45) is 5.73 Å². The van der Waals surface area contributed by atoms with Crippen LogP contribution in [0.5, 0.6) is 0 Å². The first-order valence-electron chi connectivity index (χ1n) is 9.69. The predicted molar refractivity (Wildman–Crippen MR) is 120 cm³/mol. The summed E-state index contributed by atoms with van der Waals surface area (Å²) in [5.74, 6) is -2.23. The summed E-state index contributed by atoms with van der Waals surface area (Å²) in [6, 6.07) is 7.28. The second kappa shape index (κ2) is 7.64. The van der Waals surface area contributed by atoms with Crippen molar-refractivity contribution in [2.75, 3.05) is 4.90 Å². The molecule has 33 heavy (non-hydrogen) atoms. The number of rotatable bonds is 2. The number of nitrogens with two attached hydrogens (primary N) is 1. The number of primary amides is 1. The molecule has 0 spiro atoms. The van der Waals surface area contributed by atoms with Crippen LogP contribution >= 0.6 is 27.5 Å². The minimum absolute atomic E-state index is 0.00912. The monoisotopic (exact) mass is 531 g/mol. The summed E-state index contributed by atoms with van der Waals surface area (Å²) in [7, 11) is 0. The number of fused-ring (bicyclic) bond motifs is 2. The van der Waals surface area contributed by atoms with Gasteiger partial charge in [-0.3, -0.25) is 14.5 Å². The van der Waals surface area contributed by atoms with Crippen LogP contribution in [0.4, 0.5) is 19.3 Å². The fourth-order valence-electron chi connectivity index (χ4n) is 4.47. The van der Waals surface area contributed by atoms with Gasteiger partial charge in [-0.15, -0.1) is 0 Å². The van der Waals surface area contributed by atoms with E-state index < -0.39 is 41.4 Å². The fourth-order valence-corrected chi connectivity index (χ4v) is 5.17. The molecule has 0 saturated carbocycles. The van der Waals surface area contributed by atoms with Gasteiger partial charge >= 0.3 is 6.03 Å². The number of anilines is 1. The number of nitrogens with one attached hydrogen (secondary N) is 1. The number of Topliss-reactive ketones (excluding diaryl/α,β-unsaturated/α-hetero) is 1. The summed E-state index contributed by atoms with van der Waals surface area (Å²) >= 11 is 9.66. The first-order valence-corrected chi connectivity index (χ1v) is 10.9. The smallest absolute Gasteiger partial charge is 0.320 e. The van der Waals surface area contributed by atoms with E-state index in [1.807, 2.05) is 0 Å². The lowest BCUT2D eigenvalue weighted by molar-refractivity contribution is 0.0956. The van der Waals surface area contributed by atoms with Crippen LogP contribution in [-0.2, 0) is 0 Å². The van der Waals surface area contributed by atoms with Gasteiger partial charge in [-0.2, -0.15) is 0 Å². The van der Waals surface area contributed by atoms with E-state index in [4.69, 9.17) is 17.3 Å². The van der Waals surface area contributed by atoms with Crippen LogP contribution in [0.1, 0.15) is 49.5 Å². The number of hydrogen-bond acceptors (Lipinski definition) is 3. The molecule has 0 aromatic heterocycles. The van der Waals surface area contributed by atoms with Gasteiger partial charge in [0.25, 0.3) is 5.91 Å². The molecule has 2 atom stereocenters. The van der Waals surface area contributed by atoms with Crippen molar-refractivity contribution in [1.82, 2.24) is 5.32 Å². The fraction of sp³-hybridized carbons (Fsp3) is 0.0870. The van der Waals surface area contributed by atoms with Gasteiger partial charge in [0.1, 0.15) is 17.7 Å². The molecule has 3 amide bonds. The summed E-state index contributed by atoms with van der Waals surface area (Å²) in [5.41, 5.74) is 6.91. The van der Waals surface area contributed by atoms with Gasteiger partial charge in [-0.25, -0.2) is 13.6 Å². The van der Waals surface area contributed by atoms with Crippen molar-refractivity contribution in [2.45, 2.75) is 12.1 Å². The molecule has 2 unspecified atom stereocenters. The Morgan fingerprint density at radius 3 is 2.42 bits per heavy atom. The average molecular weight is 533 g/mol. The molecular formula is C23H13BrClF2N3O3. The maximum atomic E-state index is 14.0. The first kappa shape index (κ1) is 21.5. The van der Waals surface area contributed by atoms with Crippen molar-refractivity contribution in [3.8, 4) is 0 Å². The topological polar surface area (TPSA) is 92.5 Å². The molecule has 2 aliphatic rings. The maximum Gasteiger partial charge on any atom is 0.320 e. The van der Waals surface area contributed by atoms with Crippen LogP contribution < -0.4 is 16.0 Å². The Kier molecular flexibility index (Phi) is 4.98. The van der Waals surface area contributed by atoms with Gasteiger partial charge in [0.05, 0.1) is 11.7 Å². The zero-order chi connectivity index (χ0) is 23.6. The van der Waals surface area contributed by atoms with Gasteiger partial charge in [0.15, 0.2) is 5.78 Å². The van der Waals surface area contributed by atoms with Crippen molar-refractivity contribution < 1.29 is 23.2 Å². The standard InChI is InChI=1S/C23H13BrClF2N3O3/c24-9-5-14(20-21(31)13-8-11(27)2-4-17(13)30(20)23(28)33)18-15(6-9)22(32)29-19(18)12-7-10(26)1-3-16(12)25/h1-8,19-20H,(H2,28,33)(H,29,32). The highest BCUT2D eigenvalue weighted by atomic mass is 79.9. The highest BCUT2D eigenvalue weighted by Gasteiger charge is 2.45. The zero-order valence-corrected chi connectivity index (χ0v) is 18.9. The van der Waals surface area contributed by atoms with Crippen molar-refractivity contribution >= 4 is 50.9 Å². The molecule has 0 aliphatic carbocycles. The van der Waals surface area contributed by atoms with Crippen LogP contribution in [0, 0.1) is 11.6 Å². The van der Waals surface area contributed by atoms with Crippen LogP contribution in [0.2, 0.25) is 5.02 Å². The third-order valence-corrected chi connectivity index (χ3v) is 6.58. The van der Waals surface area contributed by atoms with Gasteiger partial charge in [0, 0.05) is 26.2 Å². The SMILES string of the molecule is NC(=O)N1c2ccc(F)cc2C(=O)C1c1cc(Br)cc2c1C(c1cc(F)ccc1Cl)NC2=O. The molecular weight excluding hydrogens is 520 g/mol. The van der Waals surface area contributed by atoms with E-state index in [0.717, 1.165) is 17.0 Å². The largest absolute Gasteiger partial charge is 0.351 e. The highest BCUT2D eigenvalue weighted by Crippen LogP contribution is 2.46. The molecule has 3 aromatic rings. The highest BCUT2D eigenvalue weighted by molar-refractivity contribution is 9.10. The number of carbonyl (C=O) groups is 3. The number of benzene rings is 3. The Labute approximate surface area is 199 Å². The van der Waals surface area contributed by atoms with E-state index in [-0.39, 0.29) is 33.0 Å². The molecule has 5 rings (SSSR count). The second-order valence-electron chi connectivity index (χ2n) is 7.67. The van der Waals surface area contributed by atoms with Crippen LogP contribution in [0.15, 0.2) is 53.0 Å². The number of hydrogen-bond donors (Lipinski definition) is 2. The number of ketones is 1. The molecule has 0 saturated heterocycles. The molecule has 2 heterocycles. The minimum atomic E-state index is -1.26. The minimum Gasteiger partial charge on any atom is -0.351 e. The normalized spacial score (nSPS) is 18.8. The quantitative estimate of drug-likeness (QED) is 0.485. The third-order valence-electron chi connectivity index (χ3n) is 5.78. The molecule has 2 aliphatic heterocycles. The van der Waals surface area contributed by atoms with E-state index in [0.29, 0.717) is 10.0 Å². The lowest BCUT2D eigenvalue weighted by Gasteiger charge is -2.26. The Morgan fingerprint density at radius 1 is 1.00 bits per heavy atom. The number of urea groups is 1. The average Bonchev–Trinajstić information content (AvgIpc) is 3.24. The summed E-state index contributed by atoms with van der Waals surface area (Å²) in [4.78, 5) is 39.7. The Hall–Kier alpha value is -3.30. The predicted octanol–water partition coefficient (Wildman–Crippen LogP) is 5.04. The molecule has 10 heteroatoms. The van der Waals surface area contributed by atoms with Gasteiger partial charge < -0.3 is 11.1 Å². The van der Waals surface area contributed by atoms with Gasteiger partial charge in [-0.1, -0.05) is 27.5 Å². The third kappa shape index (κ3) is 3.30. The molecule has 0 radical (unpaired) electrons. The number of halogens is 4. The van der Waals surface area contributed by atoms with E-state index in [2.05, 4.69) is 21.2 Å². The molecule has 0 bridgehead atoms. The zero-order valence-electron chi connectivity index (χ0n) is 16.5. The number of amides is 3. The van der Waals surface area contributed by atoms with Gasteiger partial charge in [0.2, 0.25) is 0 Å². The summed E-state index contributed by atoms with van der Waals surface area (Å²) in [5, 5.41) is 2.97. The van der Waals surface area contributed by atoms with Crippen LogP contribution in [0.25, 0.3) is 0 Å². The van der Waals surface area contributed by atoms with E-state index in [9.17, 15) is 23.2 Å². The van der Waals surface area contributed by atoms with E-state index in [1.54, 1.807) is 12.1 Å². The van der Waals surface area contributed by atoms with Crippen molar-refractivity contribution in [1.29, 1.82) is 0 Å². The Balaban J connectivity index is 1.76. The van der Waals surface area contributed by atoms with Gasteiger partial charge in [-0.05, 0) is 59.7 Å².